The van der Waals surface area contributed by atoms with Gasteiger partial charge >= 0.3 is 0 Å². The molecule has 172 valence electrons. The fraction of sp³-hybridized carbons (Fsp3) is 0.364. The van der Waals surface area contributed by atoms with Crippen LogP contribution in [0.2, 0.25) is 0 Å². The van der Waals surface area contributed by atoms with E-state index in [9.17, 15) is 13.2 Å². The van der Waals surface area contributed by atoms with Gasteiger partial charge in [0.2, 0.25) is 15.9 Å². The van der Waals surface area contributed by atoms with E-state index in [0.717, 1.165) is 15.2 Å². The van der Waals surface area contributed by atoms with Crippen molar-refractivity contribution in [3.63, 3.8) is 0 Å². The second-order valence-electron chi connectivity index (χ2n) is 7.72. The molecule has 2 N–H and O–H groups in total. The van der Waals surface area contributed by atoms with Crippen LogP contribution in [0.4, 0.5) is 5.69 Å². The number of aryl methyl sites for hydroxylation is 1. The minimum Gasteiger partial charge on any atom is -0.497 e. The summed E-state index contributed by atoms with van der Waals surface area (Å²) in [7, 11) is -0.919. The summed E-state index contributed by atoms with van der Waals surface area (Å²) in [5, 5.41) is 3.63. The summed E-state index contributed by atoms with van der Waals surface area (Å²) < 4.78 is 40.0. The first-order valence-electron chi connectivity index (χ1n) is 10.1. The van der Waals surface area contributed by atoms with E-state index in [1.54, 1.807) is 30.3 Å². The fourth-order valence-electron chi connectivity index (χ4n) is 3.24. The second-order valence-corrected chi connectivity index (χ2v) is 10.7. The molecule has 0 saturated carbocycles. The number of hydrogen-bond acceptors (Lipinski definition) is 7. The summed E-state index contributed by atoms with van der Waals surface area (Å²) in [6.07, 6.45) is 0.325. The first-order chi connectivity index (χ1) is 15.1. The Kier molecular flexibility index (Phi) is 7.37. The molecule has 0 fully saturated rings. The molecule has 1 heterocycles. The molecule has 10 heteroatoms. The van der Waals surface area contributed by atoms with E-state index >= 15 is 0 Å². The van der Waals surface area contributed by atoms with Crippen LogP contribution in [-0.4, -0.2) is 39.6 Å². The zero-order valence-corrected chi connectivity index (χ0v) is 20.3. The van der Waals surface area contributed by atoms with Crippen molar-refractivity contribution in [3.8, 4) is 11.5 Å². The molecule has 1 atom stereocenters. The molecule has 0 saturated heterocycles. The first-order valence-corrected chi connectivity index (χ1v) is 12.4. The lowest BCUT2D eigenvalue weighted by Crippen LogP contribution is -2.44. The Morgan fingerprint density at radius 2 is 1.88 bits per heavy atom. The lowest BCUT2D eigenvalue weighted by Gasteiger charge is -2.21. The van der Waals surface area contributed by atoms with Crippen molar-refractivity contribution in [3.05, 3.63) is 41.4 Å². The smallest absolute Gasteiger partial charge is 0.242 e. The summed E-state index contributed by atoms with van der Waals surface area (Å²) in [4.78, 5) is 17.5. The van der Waals surface area contributed by atoms with E-state index in [1.807, 2.05) is 20.8 Å². The number of rotatable bonds is 9. The van der Waals surface area contributed by atoms with Gasteiger partial charge in [-0.05, 0) is 49.6 Å². The maximum atomic E-state index is 13.1. The van der Waals surface area contributed by atoms with Gasteiger partial charge in [-0.2, -0.15) is 4.72 Å². The molecule has 32 heavy (non-hydrogen) atoms. The summed E-state index contributed by atoms with van der Waals surface area (Å²) in [6, 6.07) is 8.77. The number of benzene rings is 2. The van der Waals surface area contributed by atoms with Crippen molar-refractivity contribution in [2.75, 3.05) is 19.5 Å². The first kappa shape index (κ1) is 24.0. The van der Waals surface area contributed by atoms with E-state index in [0.29, 0.717) is 23.6 Å². The van der Waals surface area contributed by atoms with Crippen molar-refractivity contribution >= 4 is 43.2 Å². The number of ether oxygens (including phenoxy) is 2. The molecule has 3 rings (SSSR count). The molecule has 0 unspecified atom stereocenters. The lowest BCUT2D eigenvalue weighted by molar-refractivity contribution is -0.118. The van der Waals surface area contributed by atoms with Crippen LogP contribution < -0.4 is 19.5 Å². The van der Waals surface area contributed by atoms with Gasteiger partial charge in [0.15, 0.2) is 0 Å². The van der Waals surface area contributed by atoms with Gasteiger partial charge in [0.25, 0.3) is 0 Å². The highest BCUT2D eigenvalue weighted by Gasteiger charge is 2.27. The topological polar surface area (TPSA) is 107 Å². The Morgan fingerprint density at radius 3 is 2.53 bits per heavy atom. The van der Waals surface area contributed by atoms with Crippen LogP contribution in [0.25, 0.3) is 10.2 Å². The Bertz CT molecular complexity index is 1220. The lowest BCUT2D eigenvalue weighted by atomic mass is 10.0. The van der Waals surface area contributed by atoms with Gasteiger partial charge in [0, 0.05) is 6.07 Å². The van der Waals surface area contributed by atoms with Crippen LogP contribution in [0.1, 0.15) is 25.3 Å². The maximum absolute atomic E-state index is 13.1. The Labute approximate surface area is 192 Å². The van der Waals surface area contributed by atoms with Gasteiger partial charge in [-0.25, -0.2) is 13.4 Å². The summed E-state index contributed by atoms with van der Waals surface area (Å²) in [6.45, 7) is 5.72. The molecule has 0 spiro atoms. The highest BCUT2D eigenvalue weighted by molar-refractivity contribution is 7.89. The van der Waals surface area contributed by atoms with Crippen molar-refractivity contribution in [1.82, 2.24) is 9.71 Å². The van der Waals surface area contributed by atoms with Crippen molar-refractivity contribution < 1.29 is 22.7 Å². The molecule has 8 nitrogen and oxygen atoms in total. The number of fused-ring (bicyclic) bond motifs is 1. The molecular weight excluding hydrogens is 450 g/mol. The predicted octanol–water partition coefficient (Wildman–Crippen LogP) is 3.95. The molecule has 0 bridgehead atoms. The average Bonchev–Trinajstić information content (AvgIpc) is 3.12. The number of thiazole rings is 1. The van der Waals surface area contributed by atoms with Crippen LogP contribution in [0.15, 0.2) is 41.3 Å². The van der Waals surface area contributed by atoms with E-state index < -0.39 is 22.0 Å². The molecule has 1 aromatic heterocycles. The number of sulfonamides is 1. The van der Waals surface area contributed by atoms with Gasteiger partial charge in [0.05, 0.1) is 40.0 Å². The Hall–Kier alpha value is -2.69. The third-order valence-corrected chi connectivity index (χ3v) is 7.17. The Morgan fingerprint density at radius 1 is 1.12 bits per heavy atom. The van der Waals surface area contributed by atoms with Gasteiger partial charge in [-0.1, -0.05) is 13.8 Å². The van der Waals surface area contributed by atoms with E-state index in [-0.39, 0.29) is 10.8 Å². The number of carbonyl (C=O) groups is 1. The van der Waals surface area contributed by atoms with E-state index in [1.165, 1.54) is 31.6 Å². The summed E-state index contributed by atoms with van der Waals surface area (Å²) in [5.74, 6) is 0.598. The van der Waals surface area contributed by atoms with Crippen LogP contribution in [-0.2, 0) is 14.8 Å². The largest absolute Gasteiger partial charge is 0.497 e. The zero-order valence-electron chi connectivity index (χ0n) is 18.6. The number of methoxy groups -OCH3 is 2. The standard InChI is InChI=1S/C22H27N3O5S2/c1-13(2)10-19(22(26)24-17-8-6-15(29-4)11-20(17)30-5)25-32(27,28)16-7-9-18-21(12-16)31-14(3)23-18/h6-9,11-13,19,25H,10H2,1-5H3,(H,24,26)/t19-/m1/s1. The normalized spacial score (nSPS) is 12.7. The predicted molar refractivity (Wildman–Crippen MR) is 126 cm³/mol. The third-order valence-electron chi connectivity index (χ3n) is 4.76. The van der Waals surface area contributed by atoms with Crippen LogP contribution in [0.5, 0.6) is 11.5 Å². The number of carbonyl (C=O) groups excluding carboxylic acids is 1. The molecule has 1 amide bonds. The van der Waals surface area contributed by atoms with Gasteiger partial charge < -0.3 is 14.8 Å². The number of aromatic nitrogens is 1. The molecule has 0 aliphatic carbocycles. The number of nitrogens with one attached hydrogen (secondary N) is 2. The molecule has 3 aromatic rings. The van der Waals surface area contributed by atoms with Crippen molar-refractivity contribution in [2.45, 2.75) is 38.1 Å². The highest BCUT2D eigenvalue weighted by atomic mass is 32.2. The second kappa shape index (κ2) is 9.85. The number of amides is 1. The average molecular weight is 478 g/mol. The quantitative estimate of drug-likeness (QED) is 0.483. The monoisotopic (exact) mass is 477 g/mol. The summed E-state index contributed by atoms with van der Waals surface area (Å²) in [5.41, 5.74) is 1.17. The van der Waals surface area contributed by atoms with E-state index in [4.69, 9.17) is 9.47 Å². The highest BCUT2D eigenvalue weighted by Crippen LogP contribution is 2.30. The van der Waals surface area contributed by atoms with Gasteiger partial charge in [-0.15, -0.1) is 11.3 Å². The molecule has 2 aromatic carbocycles. The van der Waals surface area contributed by atoms with Crippen molar-refractivity contribution in [1.29, 1.82) is 0 Å². The minimum absolute atomic E-state index is 0.0813. The summed E-state index contributed by atoms with van der Waals surface area (Å²) >= 11 is 1.42. The number of nitrogens with zero attached hydrogens (tertiary/aromatic N) is 1. The molecule has 0 radical (unpaired) electrons. The minimum atomic E-state index is -3.93. The fourth-order valence-corrected chi connectivity index (χ4v) is 5.42. The Balaban J connectivity index is 1.85. The van der Waals surface area contributed by atoms with Gasteiger partial charge in [-0.3, -0.25) is 4.79 Å². The van der Waals surface area contributed by atoms with Crippen molar-refractivity contribution in [2.24, 2.45) is 5.92 Å². The molecule has 0 aliphatic rings. The molecular formula is C22H27N3O5S2. The number of hydrogen-bond donors (Lipinski definition) is 2. The van der Waals surface area contributed by atoms with Crippen LogP contribution >= 0.6 is 11.3 Å². The molecule has 0 aliphatic heterocycles. The SMILES string of the molecule is COc1ccc(NC(=O)[C@@H](CC(C)C)NS(=O)(=O)c2ccc3nc(C)sc3c2)c(OC)c1. The maximum Gasteiger partial charge on any atom is 0.242 e. The third kappa shape index (κ3) is 5.56. The number of anilines is 1. The zero-order chi connectivity index (χ0) is 23.5. The van der Waals surface area contributed by atoms with Crippen LogP contribution in [0, 0.1) is 12.8 Å². The van der Waals surface area contributed by atoms with E-state index in [2.05, 4.69) is 15.0 Å². The van der Waals surface area contributed by atoms with Gasteiger partial charge in [0.1, 0.15) is 17.5 Å². The van der Waals surface area contributed by atoms with Crippen LogP contribution in [0.3, 0.4) is 0 Å².